The Morgan fingerprint density at radius 3 is 2.78 bits per heavy atom. The summed E-state index contributed by atoms with van der Waals surface area (Å²) in [4.78, 5) is 14.1. The van der Waals surface area contributed by atoms with Gasteiger partial charge in [0.15, 0.2) is 0 Å². The van der Waals surface area contributed by atoms with Gasteiger partial charge in [0.1, 0.15) is 5.60 Å². The minimum Gasteiger partial charge on any atom is -0.444 e. The number of nitrogens with one attached hydrogen (secondary N) is 1. The van der Waals surface area contributed by atoms with Crippen LogP contribution in [0.15, 0.2) is 24.3 Å². The zero-order valence-electron chi connectivity index (χ0n) is 15.1. The zero-order chi connectivity index (χ0) is 17.0. The van der Waals surface area contributed by atoms with Gasteiger partial charge in [-0.25, -0.2) is 4.79 Å². The molecular weight excluding hydrogens is 288 g/mol. The van der Waals surface area contributed by atoms with E-state index in [0.717, 1.165) is 25.9 Å². The molecule has 0 aromatic heterocycles. The van der Waals surface area contributed by atoms with Crippen LogP contribution in [0.3, 0.4) is 0 Å². The molecule has 0 radical (unpaired) electrons. The van der Waals surface area contributed by atoms with E-state index >= 15 is 0 Å². The average molecular weight is 318 g/mol. The molecule has 1 aromatic carbocycles. The van der Waals surface area contributed by atoms with Crippen molar-refractivity contribution >= 4 is 6.09 Å². The molecule has 0 aliphatic carbocycles. The lowest BCUT2D eigenvalue weighted by atomic mass is 9.91. The number of nitrogens with zero attached hydrogens (tertiary/aromatic N) is 1. The Hall–Kier alpha value is -1.55. The van der Waals surface area contributed by atoms with Crippen molar-refractivity contribution in [3.05, 3.63) is 35.4 Å². The predicted molar refractivity (Wildman–Crippen MR) is 93.5 cm³/mol. The van der Waals surface area contributed by atoms with E-state index in [1.165, 1.54) is 11.1 Å². The molecule has 1 heterocycles. The maximum atomic E-state index is 12.2. The van der Waals surface area contributed by atoms with E-state index in [1.54, 1.807) is 0 Å². The highest BCUT2D eigenvalue weighted by molar-refractivity contribution is 5.68. The minimum atomic E-state index is -0.437. The van der Waals surface area contributed by atoms with Gasteiger partial charge in [-0.3, -0.25) is 0 Å². The van der Waals surface area contributed by atoms with Gasteiger partial charge in [0.25, 0.3) is 0 Å². The molecular formula is C19H30N2O2. The van der Waals surface area contributed by atoms with E-state index in [2.05, 4.69) is 36.5 Å². The van der Waals surface area contributed by atoms with Crippen molar-refractivity contribution in [2.45, 2.75) is 52.2 Å². The van der Waals surface area contributed by atoms with Gasteiger partial charge in [-0.1, -0.05) is 31.2 Å². The molecule has 1 N–H and O–H groups in total. The second-order valence-corrected chi connectivity index (χ2v) is 7.34. The first-order valence-corrected chi connectivity index (χ1v) is 8.58. The smallest absolute Gasteiger partial charge is 0.410 e. The van der Waals surface area contributed by atoms with Crippen LogP contribution in [0.2, 0.25) is 0 Å². The van der Waals surface area contributed by atoms with Crippen molar-refractivity contribution in [3.8, 4) is 0 Å². The van der Waals surface area contributed by atoms with Gasteiger partial charge in [-0.05, 0) is 57.7 Å². The van der Waals surface area contributed by atoms with Crippen LogP contribution in [-0.4, -0.2) is 36.7 Å². The summed E-state index contributed by atoms with van der Waals surface area (Å²) >= 11 is 0. The third-order valence-electron chi connectivity index (χ3n) is 4.38. The summed E-state index contributed by atoms with van der Waals surface area (Å²) in [5.41, 5.74) is 2.22. The van der Waals surface area contributed by atoms with Gasteiger partial charge < -0.3 is 15.0 Å². The molecule has 1 amide bonds. The second-order valence-electron chi connectivity index (χ2n) is 7.34. The summed E-state index contributed by atoms with van der Waals surface area (Å²) in [6.07, 6.45) is 1.84. The number of aryl methyl sites for hydroxylation is 1. The Bertz CT molecular complexity index is 536. The van der Waals surface area contributed by atoms with E-state index in [1.807, 2.05) is 32.7 Å². The molecule has 2 atom stereocenters. The molecule has 1 saturated heterocycles. The molecule has 0 bridgehead atoms. The number of carbonyl (C=O) groups excluding carboxylic acids is 1. The van der Waals surface area contributed by atoms with E-state index < -0.39 is 5.60 Å². The van der Waals surface area contributed by atoms with Gasteiger partial charge in [-0.2, -0.15) is 0 Å². The maximum Gasteiger partial charge on any atom is 0.410 e. The molecule has 4 heteroatoms. The Morgan fingerprint density at radius 1 is 1.43 bits per heavy atom. The summed E-state index contributed by atoms with van der Waals surface area (Å²) in [5.74, 6) is 0.416. The Balaban J connectivity index is 2.05. The molecule has 1 aromatic rings. The lowest BCUT2D eigenvalue weighted by Crippen LogP contribution is -2.36. The van der Waals surface area contributed by atoms with Gasteiger partial charge >= 0.3 is 6.09 Å². The molecule has 2 rings (SSSR count). The topological polar surface area (TPSA) is 41.6 Å². The van der Waals surface area contributed by atoms with Crippen LogP contribution in [0, 0.1) is 5.92 Å². The molecule has 23 heavy (non-hydrogen) atoms. The number of ether oxygens (including phenoxy) is 1. The number of carbonyl (C=O) groups is 1. The molecule has 128 valence electrons. The van der Waals surface area contributed by atoms with Gasteiger partial charge in [-0.15, -0.1) is 0 Å². The summed E-state index contributed by atoms with van der Waals surface area (Å²) in [5, 5.41) is 3.44. The van der Waals surface area contributed by atoms with Crippen LogP contribution >= 0.6 is 0 Å². The first-order valence-electron chi connectivity index (χ1n) is 8.58. The third kappa shape index (κ3) is 4.71. The number of rotatable bonds is 4. The number of amides is 1. The number of hydrogen-bond donors (Lipinski definition) is 1. The van der Waals surface area contributed by atoms with E-state index in [4.69, 9.17) is 4.74 Å². The highest BCUT2D eigenvalue weighted by Gasteiger charge is 2.34. The van der Waals surface area contributed by atoms with Crippen LogP contribution in [-0.2, 0) is 11.2 Å². The summed E-state index contributed by atoms with van der Waals surface area (Å²) < 4.78 is 5.49. The average Bonchev–Trinajstić information content (AvgIpc) is 2.96. The van der Waals surface area contributed by atoms with Gasteiger partial charge in [0, 0.05) is 19.1 Å². The molecule has 1 fully saturated rings. The SMILES string of the molecule is CCc1cccc(C(NC)C2CCN(C(=O)OC(C)(C)C)C2)c1. The maximum absolute atomic E-state index is 12.2. The molecule has 0 saturated carbocycles. The van der Waals surface area contributed by atoms with E-state index in [-0.39, 0.29) is 12.1 Å². The minimum absolute atomic E-state index is 0.197. The van der Waals surface area contributed by atoms with E-state index in [9.17, 15) is 4.79 Å². The van der Waals surface area contributed by atoms with E-state index in [0.29, 0.717) is 5.92 Å². The van der Waals surface area contributed by atoms with Crippen LogP contribution in [0.25, 0.3) is 0 Å². The Labute approximate surface area is 140 Å². The van der Waals surface area contributed by atoms with Crippen LogP contribution in [0.1, 0.15) is 51.3 Å². The number of likely N-dealkylation sites (tertiary alicyclic amines) is 1. The summed E-state index contributed by atoms with van der Waals surface area (Å²) in [6, 6.07) is 9.01. The lowest BCUT2D eigenvalue weighted by molar-refractivity contribution is 0.0285. The highest BCUT2D eigenvalue weighted by atomic mass is 16.6. The molecule has 1 aliphatic rings. The fourth-order valence-corrected chi connectivity index (χ4v) is 3.23. The van der Waals surface area contributed by atoms with Crippen LogP contribution < -0.4 is 5.32 Å². The van der Waals surface area contributed by atoms with Crippen LogP contribution in [0.4, 0.5) is 4.79 Å². The number of benzene rings is 1. The van der Waals surface area contributed by atoms with Crippen molar-refractivity contribution < 1.29 is 9.53 Å². The second kappa shape index (κ2) is 7.35. The zero-order valence-corrected chi connectivity index (χ0v) is 15.1. The largest absolute Gasteiger partial charge is 0.444 e. The molecule has 2 unspecified atom stereocenters. The standard InChI is InChI=1S/C19H30N2O2/c1-6-14-8-7-9-15(12-14)17(20-5)16-10-11-21(13-16)18(22)23-19(2,3)4/h7-9,12,16-17,20H,6,10-11,13H2,1-5H3. The first-order chi connectivity index (χ1) is 10.8. The highest BCUT2D eigenvalue weighted by Crippen LogP contribution is 2.31. The lowest BCUT2D eigenvalue weighted by Gasteiger charge is -2.26. The fraction of sp³-hybridized carbons (Fsp3) is 0.632. The summed E-state index contributed by atoms with van der Waals surface area (Å²) in [7, 11) is 2.00. The van der Waals surface area contributed by atoms with Gasteiger partial charge in [0.05, 0.1) is 0 Å². The Kier molecular flexibility index (Phi) is 5.69. The quantitative estimate of drug-likeness (QED) is 0.919. The predicted octanol–water partition coefficient (Wildman–Crippen LogP) is 3.77. The van der Waals surface area contributed by atoms with Crippen molar-refractivity contribution in [2.24, 2.45) is 5.92 Å². The van der Waals surface area contributed by atoms with Crippen LogP contribution in [0.5, 0.6) is 0 Å². The van der Waals surface area contributed by atoms with Crippen molar-refractivity contribution in [3.63, 3.8) is 0 Å². The molecule has 0 spiro atoms. The molecule has 4 nitrogen and oxygen atoms in total. The monoisotopic (exact) mass is 318 g/mol. The normalized spacial score (nSPS) is 19.7. The summed E-state index contributed by atoms with van der Waals surface area (Å²) in [6.45, 7) is 9.41. The fourth-order valence-electron chi connectivity index (χ4n) is 3.23. The number of hydrogen-bond acceptors (Lipinski definition) is 3. The Morgan fingerprint density at radius 2 is 2.17 bits per heavy atom. The first kappa shape index (κ1) is 17.8. The van der Waals surface area contributed by atoms with Crippen molar-refractivity contribution in [1.29, 1.82) is 0 Å². The van der Waals surface area contributed by atoms with Crippen molar-refractivity contribution in [1.82, 2.24) is 10.2 Å². The van der Waals surface area contributed by atoms with Gasteiger partial charge in [0.2, 0.25) is 0 Å². The molecule has 1 aliphatic heterocycles. The van der Waals surface area contributed by atoms with Crippen molar-refractivity contribution in [2.75, 3.05) is 20.1 Å². The third-order valence-corrected chi connectivity index (χ3v) is 4.38.